The van der Waals surface area contributed by atoms with E-state index < -0.39 is 18.2 Å². The molecule has 0 aliphatic carbocycles. The van der Waals surface area contributed by atoms with Crippen LogP contribution < -0.4 is 16.0 Å². The number of alkyl halides is 1. The number of halogens is 1. The summed E-state index contributed by atoms with van der Waals surface area (Å²) >= 11 is 1.06. The minimum Gasteiger partial charge on any atom is -0.375 e. The molecule has 2 aromatic rings. The summed E-state index contributed by atoms with van der Waals surface area (Å²) in [5.74, 6) is -1.08. The molecule has 0 radical (unpaired) electrons. The minimum absolute atomic E-state index is 0.0262. The van der Waals surface area contributed by atoms with Crippen LogP contribution in [0.3, 0.4) is 0 Å². The number of nitrogens with two attached hydrogens (primary N) is 1. The molecule has 0 bridgehead atoms. The molecule has 4 N–H and O–H groups in total. The van der Waals surface area contributed by atoms with Crippen molar-refractivity contribution in [2.24, 2.45) is 11.1 Å². The third-order valence-electron chi connectivity index (χ3n) is 3.21. The lowest BCUT2D eigenvalue weighted by molar-refractivity contribution is -0.127. The van der Waals surface area contributed by atoms with E-state index in [1.807, 2.05) is 0 Å². The number of carbonyl (C=O) groups excluding carboxylic acids is 2. The number of nitrogen functional groups attached to an aromatic ring is 1. The highest BCUT2D eigenvalue weighted by atomic mass is 32.1. The molecular formula is C11H12FN9O3S. The van der Waals surface area contributed by atoms with Crippen molar-refractivity contribution in [3.05, 3.63) is 11.1 Å². The fraction of sp³-hybridized carbons (Fsp3) is 0.364. The highest BCUT2D eigenvalue weighted by Gasteiger charge is 2.39. The lowest BCUT2D eigenvalue weighted by atomic mass is 9.99. The van der Waals surface area contributed by atoms with Gasteiger partial charge in [0.15, 0.2) is 5.13 Å². The topological polar surface area (TPSA) is 164 Å². The summed E-state index contributed by atoms with van der Waals surface area (Å²) in [4.78, 5) is 32.9. The molecule has 0 aromatic carbocycles. The number of aromatic nitrogens is 5. The number of amides is 2. The van der Waals surface area contributed by atoms with Gasteiger partial charge in [-0.2, -0.15) is 9.60 Å². The first kappa shape index (κ1) is 16.7. The monoisotopic (exact) mass is 369 g/mol. The Kier molecular flexibility index (Phi) is 4.78. The van der Waals surface area contributed by atoms with Gasteiger partial charge in [0.2, 0.25) is 5.91 Å². The van der Waals surface area contributed by atoms with Gasteiger partial charge in [-0.25, -0.2) is 4.98 Å². The number of β-lactam (4-membered cyclic amide) rings is 1. The van der Waals surface area contributed by atoms with E-state index >= 15 is 0 Å². The van der Waals surface area contributed by atoms with Crippen molar-refractivity contribution in [1.82, 2.24) is 30.9 Å². The average Bonchev–Trinajstić information content (AvgIpc) is 3.25. The molecule has 0 spiro atoms. The third-order valence-corrected chi connectivity index (χ3v) is 3.90. The van der Waals surface area contributed by atoms with Crippen LogP contribution in [0, 0.1) is 5.92 Å². The average molecular weight is 369 g/mol. The second-order valence-corrected chi connectivity index (χ2v) is 5.76. The fourth-order valence-electron chi connectivity index (χ4n) is 1.96. The van der Waals surface area contributed by atoms with Crippen LogP contribution in [0.4, 0.5) is 15.5 Å². The summed E-state index contributed by atoms with van der Waals surface area (Å²) < 4.78 is 13.6. The zero-order valence-electron chi connectivity index (χ0n) is 12.5. The Morgan fingerprint density at radius 2 is 2.56 bits per heavy atom. The van der Waals surface area contributed by atoms with Crippen molar-refractivity contribution in [3.63, 3.8) is 0 Å². The van der Waals surface area contributed by atoms with Crippen molar-refractivity contribution >= 4 is 40.4 Å². The Balaban J connectivity index is 1.38. The largest absolute Gasteiger partial charge is 0.375 e. The maximum atomic E-state index is 13.6. The van der Waals surface area contributed by atoms with Crippen molar-refractivity contribution in [3.8, 4) is 0 Å². The smallest absolute Gasteiger partial charge is 0.306 e. The molecule has 2 aromatic heterocycles. The number of nitrogens with zero attached hydrogens (tertiary/aromatic N) is 6. The molecule has 3 rings (SSSR count). The standard InChI is InChI=1S/C11H12FN9O3S/c12-8(6-4-25-10(13)16-6)24-15-2-7(22)14-1-5-3-21(9(5)23)11-17-19-20-18-11/h2,4-5,8H,1,3H2,(H2,13,16)(H,14,22)(H,17,18,19,20)/b15-2+. The number of oxime groups is 1. The first-order valence-corrected chi connectivity index (χ1v) is 7.79. The number of thiazole rings is 1. The van der Waals surface area contributed by atoms with Crippen LogP contribution in [-0.2, 0) is 14.4 Å². The van der Waals surface area contributed by atoms with E-state index in [1.165, 1.54) is 10.3 Å². The second-order valence-electron chi connectivity index (χ2n) is 4.87. The molecule has 1 aliphatic rings. The normalized spacial score (nSPS) is 18.2. The molecule has 1 fully saturated rings. The molecule has 25 heavy (non-hydrogen) atoms. The maximum absolute atomic E-state index is 13.6. The first-order valence-electron chi connectivity index (χ1n) is 6.91. The molecule has 2 atom stereocenters. The maximum Gasteiger partial charge on any atom is 0.306 e. The Morgan fingerprint density at radius 3 is 3.20 bits per heavy atom. The number of anilines is 2. The van der Waals surface area contributed by atoms with Crippen LogP contribution in [0.15, 0.2) is 10.5 Å². The van der Waals surface area contributed by atoms with Gasteiger partial charge in [0.05, 0.1) is 5.92 Å². The van der Waals surface area contributed by atoms with Gasteiger partial charge in [-0.05, 0) is 5.21 Å². The first-order chi connectivity index (χ1) is 12.0. The van der Waals surface area contributed by atoms with E-state index in [0.717, 1.165) is 17.6 Å². The highest BCUT2D eigenvalue weighted by Crippen LogP contribution is 2.22. The predicted molar refractivity (Wildman–Crippen MR) is 83.0 cm³/mol. The molecule has 14 heteroatoms. The number of carbonyl (C=O) groups is 2. The molecule has 1 aliphatic heterocycles. The van der Waals surface area contributed by atoms with Gasteiger partial charge in [-0.1, -0.05) is 10.3 Å². The number of tetrazole rings is 1. The quantitative estimate of drug-likeness (QED) is 0.317. The fourth-order valence-corrected chi connectivity index (χ4v) is 2.52. The molecule has 1 saturated heterocycles. The SMILES string of the molecule is Nc1nc(C(F)O/N=C/C(=O)NCC2CN(c3nn[nH]n3)C2=O)cs1. The van der Waals surface area contributed by atoms with Gasteiger partial charge in [0.25, 0.3) is 11.9 Å². The number of H-pyrrole nitrogens is 1. The summed E-state index contributed by atoms with van der Waals surface area (Å²) in [6.07, 6.45) is -1.16. The number of rotatable bonds is 7. The Bertz CT molecular complexity index is 780. The summed E-state index contributed by atoms with van der Waals surface area (Å²) in [5, 5.41) is 20.3. The van der Waals surface area contributed by atoms with Crippen molar-refractivity contribution < 1.29 is 18.8 Å². The molecule has 2 unspecified atom stereocenters. The van der Waals surface area contributed by atoms with E-state index in [-0.39, 0.29) is 29.2 Å². The number of hydrogen-bond donors (Lipinski definition) is 3. The van der Waals surface area contributed by atoms with Crippen molar-refractivity contribution in [2.45, 2.75) is 6.36 Å². The molecule has 3 heterocycles. The molecule has 132 valence electrons. The molecule has 2 amide bonds. The predicted octanol–water partition coefficient (Wildman–Crippen LogP) is -1.01. The number of nitrogens with one attached hydrogen (secondary N) is 2. The molecular weight excluding hydrogens is 357 g/mol. The van der Waals surface area contributed by atoms with Gasteiger partial charge >= 0.3 is 6.36 Å². The summed E-state index contributed by atoms with van der Waals surface area (Å²) in [7, 11) is 0. The Morgan fingerprint density at radius 1 is 1.72 bits per heavy atom. The minimum atomic E-state index is -1.92. The number of aromatic amines is 1. The van der Waals surface area contributed by atoms with E-state index in [9.17, 15) is 14.0 Å². The van der Waals surface area contributed by atoms with E-state index in [0.29, 0.717) is 6.54 Å². The Hall–Kier alpha value is -3.16. The van der Waals surface area contributed by atoms with Crippen LogP contribution in [0.2, 0.25) is 0 Å². The van der Waals surface area contributed by atoms with Gasteiger partial charge in [-0.3, -0.25) is 14.5 Å². The molecule has 12 nitrogen and oxygen atoms in total. The lowest BCUT2D eigenvalue weighted by Crippen LogP contribution is -2.57. The summed E-state index contributed by atoms with van der Waals surface area (Å²) in [6.45, 7) is 0.448. The highest BCUT2D eigenvalue weighted by molar-refractivity contribution is 7.13. The van der Waals surface area contributed by atoms with E-state index in [4.69, 9.17) is 5.73 Å². The lowest BCUT2D eigenvalue weighted by Gasteiger charge is -2.35. The van der Waals surface area contributed by atoms with E-state index in [2.05, 4.69) is 40.9 Å². The molecule has 0 saturated carbocycles. The van der Waals surface area contributed by atoms with Gasteiger partial charge < -0.3 is 15.9 Å². The summed E-state index contributed by atoms with van der Waals surface area (Å²) in [6, 6.07) is 0. The van der Waals surface area contributed by atoms with Crippen LogP contribution in [-0.4, -0.2) is 56.7 Å². The zero-order chi connectivity index (χ0) is 17.8. The van der Waals surface area contributed by atoms with Crippen LogP contribution in [0.1, 0.15) is 12.1 Å². The van der Waals surface area contributed by atoms with Crippen LogP contribution >= 0.6 is 11.3 Å². The Labute approximate surface area is 143 Å². The zero-order valence-corrected chi connectivity index (χ0v) is 13.3. The van der Waals surface area contributed by atoms with Gasteiger partial charge in [0, 0.05) is 18.5 Å². The second kappa shape index (κ2) is 7.16. The van der Waals surface area contributed by atoms with Crippen LogP contribution in [0.5, 0.6) is 0 Å². The number of hydrogen-bond acceptors (Lipinski definition) is 10. The van der Waals surface area contributed by atoms with Crippen molar-refractivity contribution in [1.29, 1.82) is 0 Å². The van der Waals surface area contributed by atoms with Crippen LogP contribution in [0.25, 0.3) is 0 Å². The summed E-state index contributed by atoms with van der Waals surface area (Å²) in [5.41, 5.74) is 5.34. The van der Waals surface area contributed by atoms with Gasteiger partial charge in [-0.15, -0.1) is 16.4 Å². The third kappa shape index (κ3) is 3.85. The van der Waals surface area contributed by atoms with Crippen molar-refractivity contribution in [2.75, 3.05) is 23.7 Å². The van der Waals surface area contributed by atoms with E-state index in [1.54, 1.807) is 0 Å². The van der Waals surface area contributed by atoms with Gasteiger partial charge in [0.1, 0.15) is 11.9 Å².